The molecular formula is C31H43N3O2. The van der Waals surface area contributed by atoms with Crippen LogP contribution in [0.5, 0.6) is 0 Å². The highest BCUT2D eigenvalue weighted by Crippen LogP contribution is 2.21. The Kier molecular flexibility index (Phi) is 14.7. The second-order valence-electron chi connectivity index (χ2n) is 9.62. The van der Waals surface area contributed by atoms with Gasteiger partial charge in [-0.1, -0.05) is 115 Å². The molecule has 194 valence electrons. The number of nitriles is 1. The number of nitro groups is 1. The fourth-order valence-corrected chi connectivity index (χ4v) is 4.36. The van der Waals surface area contributed by atoms with Crippen molar-refractivity contribution in [2.45, 2.75) is 96.8 Å². The molecule has 0 aliphatic rings. The first-order valence-electron chi connectivity index (χ1n) is 13.8. The molecule has 5 heteroatoms. The van der Waals surface area contributed by atoms with Gasteiger partial charge in [0.05, 0.1) is 4.92 Å². The van der Waals surface area contributed by atoms with Crippen LogP contribution < -0.4 is 5.32 Å². The number of hydrogen-bond donors (Lipinski definition) is 1. The summed E-state index contributed by atoms with van der Waals surface area (Å²) in [6, 6.07) is 14.7. The van der Waals surface area contributed by atoms with Crippen LogP contribution in [-0.2, 0) is 0 Å². The lowest BCUT2D eigenvalue weighted by atomic mass is 10.0. The summed E-state index contributed by atoms with van der Waals surface area (Å²) in [5.41, 5.74) is 2.82. The lowest BCUT2D eigenvalue weighted by Crippen LogP contribution is -2.01. The first-order valence-corrected chi connectivity index (χ1v) is 13.8. The lowest BCUT2D eigenvalue weighted by Gasteiger charge is -2.07. The van der Waals surface area contributed by atoms with Gasteiger partial charge in [0.1, 0.15) is 11.6 Å². The van der Waals surface area contributed by atoms with E-state index in [4.69, 9.17) is 5.26 Å². The molecule has 5 nitrogen and oxygen atoms in total. The van der Waals surface area contributed by atoms with Crippen molar-refractivity contribution in [1.82, 2.24) is 0 Å². The molecule has 0 atom stereocenters. The van der Waals surface area contributed by atoms with E-state index in [1.807, 2.05) is 30.4 Å². The zero-order valence-electron chi connectivity index (χ0n) is 22.0. The highest BCUT2D eigenvalue weighted by molar-refractivity contribution is 5.72. The van der Waals surface area contributed by atoms with Crippen molar-refractivity contribution >= 4 is 23.5 Å². The van der Waals surface area contributed by atoms with Gasteiger partial charge in [-0.05, 0) is 41.8 Å². The van der Waals surface area contributed by atoms with E-state index < -0.39 is 4.92 Å². The predicted molar refractivity (Wildman–Crippen MR) is 152 cm³/mol. The standard InChI is InChI=1S/C31H43N3O2/c1-2-3-4-5-6-7-8-9-10-11-12-13-14-15-24-33-30-21-18-27(19-22-30)16-17-28-20-23-31(34(35)36)29(25-28)26-32/h16-23,25,33H,2-15,24H2,1H3. The lowest BCUT2D eigenvalue weighted by molar-refractivity contribution is -0.385. The molecule has 2 aromatic rings. The van der Waals surface area contributed by atoms with Crippen LogP contribution in [-0.4, -0.2) is 11.5 Å². The fourth-order valence-electron chi connectivity index (χ4n) is 4.36. The zero-order valence-corrected chi connectivity index (χ0v) is 22.0. The van der Waals surface area contributed by atoms with Crippen molar-refractivity contribution in [3.8, 4) is 6.07 Å². The Balaban J connectivity index is 1.54. The van der Waals surface area contributed by atoms with Crippen molar-refractivity contribution in [3.05, 3.63) is 69.3 Å². The summed E-state index contributed by atoms with van der Waals surface area (Å²) in [6.07, 6.45) is 23.0. The van der Waals surface area contributed by atoms with Crippen LogP contribution >= 0.6 is 0 Å². The van der Waals surface area contributed by atoms with Crippen LogP contribution in [0.25, 0.3) is 12.2 Å². The van der Waals surface area contributed by atoms with Crippen molar-refractivity contribution in [1.29, 1.82) is 5.26 Å². The van der Waals surface area contributed by atoms with Gasteiger partial charge in [0, 0.05) is 18.3 Å². The number of benzene rings is 2. The largest absolute Gasteiger partial charge is 0.385 e. The fraction of sp³-hybridized carbons (Fsp3) is 0.516. The van der Waals surface area contributed by atoms with Crippen molar-refractivity contribution < 1.29 is 4.92 Å². The van der Waals surface area contributed by atoms with E-state index in [9.17, 15) is 10.1 Å². The Morgan fingerprint density at radius 2 is 1.28 bits per heavy atom. The molecule has 2 rings (SSSR count). The predicted octanol–water partition coefficient (Wildman–Crippen LogP) is 9.53. The summed E-state index contributed by atoms with van der Waals surface area (Å²) < 4.78 is 0. The van der Waals surface area contributed by atoms with Gasteiger partial charge in [0.15, 0.2) is 0 Å². The van der Waals surface area contributed by atoms with E-state index in [1.54, 1.807) is 12.1 Å². The van der Waals surface area contributed by atoms with Crippen LogP contribution in [0.1, 0.15) is 114 Å². The summed E-state index contributed by atoms with van der Waals surface area (Å²) in [4.78, 5) is 10.4. The number of nitrogens with zero attached hydrogens (tertiary/aromatic N) is 2. The molecule has 0 aliphatic heterocycles. The molecule has 1 N–H and O–H groups in total. The maximum atomic E-state index is 11.0. The smallest absolute Gasteiger partial charge is 0.287 e. The Labute approximate surface area is 217 Å². The molecule has 0 bridgehead atoms. The molecule has 0 saturated heterocycles. The van der Waals surface area contributed by atoms with E-state index in [1.165, 1.54) is 96.0 Å². The van der Waals surface area contributed by atoms with Gasteiger partial charge in [-0.15, -0.1) is 0 Å². The molecule has 0 saturated carbocycles. The molecule has 0 aromatic heterocycles. The second-order valence-corrected chi connectivity index (χ2v) is 9.62. The minimum absolute atomic E-state index is 0.0743. The molecular weight excluding hydrogens is 446 g/mol. The third kappa shape index (κ3) is 12.0. The van der Waals surface area contributed by atoms with Crippen molar-refractivity contribution in [3.63, 3.8) is 0 Å². The molecule has 36 heavy (non-hydrogen) atoms. The van der Waals surface area contributed by atoms with Crippen LogP contribution in [0.3, 0.4) is 0 Å². The Hall–Kier alpha value is -3.13. The average molecular weight is 490 g/mol. The van der Waals surface area contributed by atoms with E-state index in [2.05, 4.69) is 24.4 Å². The molecule has 0 fully saturated rings. The first kappa shape index (κ1) is 29.1. The summed E-state index contributed by atoms with van der Waals surface area (Å²) in [5.74, 6) is 0. The minimum atomic E-state index is -0.531. The van der Waals surface area contributed by atoms with Gasteiger partial charge >= 0.3 is 0 Å². The van der Waals surface area contributed by atoms with Crippen LogP contribution in [0.15, 0.2) is 42.5 Å². The maximum absolute atomic E-state index is 11.0. The van der Waals surface area contributed by atoms with Gasteiger partial charge in [-0.25, -0.2) is 0 Å². The van der Waals surface area contributed by atoms with Crippen LogP contribution in [0.2, 0.25) is 0 Å². The quantitative estimate of drug-likeness (QED) is 0.0922. The van der Waals surface area contributed by atoms with Crippen molar-refractivity contribution in [2.24, 2.45) is 0 Å². The molecule has 0 aliphatic carbocycles. The maximum Gasteiger partial charge on any atom is 0.287 e. The van der Waals surface area contributed by atoms with E-state index in [-0.39, 0.29) is 11.3 Å². The summed E-state index contributed by atoms with van der Waals surface area (Å²) in [7, 11) is 0. The van der Waals surface area contributed by atoms with Crippen LogP contribution in [0, 0.1) is 21.4 Å². The van der Waals surface area contributed by atoms with Crippen LogP contribution in [0.4, 0.5) is 11.4 Å². The molecule has 0 spiro atoms. The van der Waals surface area contributed by atoms with Gasteiger partial charge in [-0.3, -0.25) is 10.1 Å². The van der Waals surface area contributed by atoms with Crippen molar-refractivity contribution in [2.75, 3.05) is 11.9 Å². The average Bonchev–Trinajstić information content (AvgIpc) is 2.90. The normalized spacial score (nSPS) is 11.0. The van der Waals surface area contributed by atoms with Gasteiger partial charge < -0.3 is 5.32 Å². The third-order valence-corrected chi connectivity index (χ3v) is 6.58. The SMILES string of the molecule is CCCCCCCCCCCCCCCCNc1ccc(C=Cc2ccc([N+](=O)[O-])c(C#N)c2)cc1. The van der Waals surface area contributed by atoms with Gasteiger partial charge in [0.2, 0.25) is 0 Å². The summed E-state index contributed by atoms with van der Waals surface area (Å²) >= 11 is 0. The number of rotatable bonds is 19. The topological polar surface area (TPSA) is 79.0 Å². The second kappa shape index (κ2) is 18.2. The minimum Gasteiger partial charge on any atom is -0.385 e. The van der Waals surface area contributed by atoms with Gasteiger partial charge in [0.25, 0.3) is 5.69 Å². The molecule has 0 heterocycles. The van der Waals surface area contributed by atoms with E-state index in [0.717, 1.165) is 23.4 Å². The van der Waals surface area contributed by atoms with E-state index in [0.29, 0.717) is 0 Å². The highest BCUT2D eigenvalue weighted by Gasteiger charge is 2.12. The molecule has 0 amide bonds. The Bertz CT molecular complexity index is 961. The highest BCUT2D eigenvalue weighted by atomic mass is 16.6. The number of nitro benzene ring substituents is 1. The monoisotopic (exact) mass is 489 g/mol. The number of hydrogen-bond acceptors (Lipinski definition) is 4. The van der Waals surface area contributed by atoms with Gasteiger partial charge in [-0.2, -0.15) is 5.26 Å². The third-order valence-electron chi connectivity index (χ3n) is 6.58. The number of anilines is 1. The Morgan fingerprint density at radius 1 is 0.778 bits per heavy atom. The van der Waals surface area contributed by atoms with E-state index >= 15 is 0 Å². The summed E-state index contributed by atoms with van der Waals surface area (Å²) in [6.45, 7) is 3.27. The molecule has 2 aromatic carbocycles. The molecule has 0 radical (unpaired) electrons. The molecule has 0 unspecified atom stereocenters. The Morgan fingerprint density at radius 3 is 1.81 bits per heavy atom. The first-order chi connectivity index (χ1) is 17.6. The number of nitrogens with one attached hydrogen (secondary N) is 1. The number of unbranched alkanes of at least 4 members (excludes halogenated alkanes) is 13. The zero-order chi connectivity index (χ0) is 25.8. The summed E-state index contributed by atoms with van der Waals surface area (Å²) in [5, 5.41) is 23.6.